The van der Waals surface area contributed by atoms with Gasteiger partial charge in [0.1, 0.15) is 6.10 Å². The third-order valence-corrected chi connectivity index (χ3v) is 10.3. The fraction of sp³-hybridized carbons (Fsp3) is 0.548. The average molecular weight is 522 g/mol. The number of aromatic nitrogens is 1. The van der Waals surface area contributed by atoms with Crippen molar-refractivity contribution in [3.8, 4) is 0 Å². The Balaban J connectivity index is 1.68. The van der Waals surface area contributed by atoms with E-state index >= 15 is 0 Å². The van der Waals surface area contributed by atoms with Crippen molar-refractivity contribution in [2.24, 2.45) is 35.6 Å². The second kappa shape index (κ2) is 8.63. The van der Waals surface area contributed by atoms with E-state index in [2.05, 4.69) is 6.92 Å². The Bertz CT molecular complexity index is 1400. The highest BCUT2D eigenvalue weighted by Gasteiger charge is 2.73. The first-order valence-corrected chi connectivity index (χ1v) is 13.5. The van der Waals surface area contributed by atoms with Gasteiger partial charge in [-0.2, -0.15) is 0 Å². The molecule has 0 saturated heterocycles. The largest absolute Gasteiger partial charge is 0.451 e. The zero-order chi connectivity index (χ0) is 27.9. The van der Waals surface area contributed by atoms with Gasteiger partial charge in [-0.1, -0.05) is 58.0 Å². The number of benzene rings is 1. The second-order valence-electron chi connectivity index (χ2n) is 12.4. The first kappa shape index (κ1) is 26.9. The summed E-state index contributed by atoms with van der Waals surface area (Å²) in [6.45, 7) is 11.1. The van der Waals surface area contributed by atoms with E-state index in [1.807, 2.05) is 63.6 Å². The molecule has 204 valence electrons. The van der Waals surface area contributed by atoms with Gasteiger partial charge in [0.05, 0.1) is 17.6 Å². The Morgan fingerprint density at radius 2 is 1.82 bits per heavy atom. The van der Waals surface area contributed by atoms with Crippen molar-refractivity contribution >= 4 is 22.7 Å². The van der Waals surface area contributed by atoms with Crippen molar-refractivity contribution in [1.82, 2.24) is 4.57 Å². The molecule has 0 radical (unpaired) electrons. The van der Waals surface area contributed by atoms with Crippen LogP contribution in [0.15, 0.2) is 47.6 Å². The lowest BCUT2D eigenvalue weighted by molar-refractivity contribution is -0.190. The van der Waals surface area contributed by atoms with Crippen molar-refractivity contribution in [1.29, 1.82) is 0 Å². The molecule has 0 aliphatic heterocycles. The first-order chi connectivity index (χ1) is 17.7. The number of hydrogen-bond donors (Lipinski definition) is 3. The van der Waals surface area contributed by atoms with Gasteiger partial charge in [0.15, 0.2) is 17.5 Å². The lowest BCUT2D eigenvalue weighted by Gasteiger charge is -2.48. The summed E-state index contributed by atoms with van der Waals surface area (Å²) < 4.78 is 8.03. The molecular weight excluding hydrogens is 482 g/mol. The molecule has 3 N–H and O–H groups in total. The number of hydrogen-bond acceptors (Lipinski definition) is 6. The van der Waals surface area contributed by atoms with Gasteiger partial charge in [0.2, 0.25) is 0 Å². The van der Waals surface area contributed by atoms with E-state index in [1.165, 1.54) is 0 Å². The van der Waals surface area contributed by atoms with Gasteiger partial charge < -0.3 is 24.6 Å². The van der Waals surface area contributed by atoms with Crippen LogP contribution in [0, 0.1) is 35.5 Å². The zero-order valence-corrected chi connectivity index (χ0v) is 23.3. The number of carbonyl (C=O) groups is 2. The maximum Gasteiger partial charge on any atom is 0.341 e. The molecule has 1 aromatic heterocycles. The van der Waals surface area contributed by atoms with Crippen molar-refractivity contribution in [2.75, 3.05) is 6.61 Å². The minimum absolute atomic E-state index is 0.121. The predicted octanol–water partition coefficient (Wildman–Crippen LogP) is 3.87. The van der Waals surface area contributed by atoms with Gasteiger partial charge in [-0.05, 0) is 54.7 Å². The molecule has 38 heavy (non-hydrogen) atoms. The van der Waals surface area contributed by atoms with E-state index in [0.717, 1.165) is 10.9 Å². The van der Waals surface area contributed by atoms with Crippen molar-refractivity contribution in [3.05, 3.63) is 58.8 Å². The number of esters is 1. The molecule has 7 nitrogen and oxygen atoms in total. The first-order valence-electron chi connectivity index (χ1n) is 13.5. The number of carbonyl (C=O) groups excluding carboxylic acids is 2. The van der Waals surface area contributed by atoms with E-state index in [1.54, 1.807) is 19.1 Å². The number of ketones is 1. The lowest BCUT2D eigenvalue weighted by Crippen LogP contribution is -2.65. The van der Waals surface area contributed by atoms with Crippen molar-refractivity contribution < 1.29 is 29.6 Å². The SMILES string of the molecule is CC1=CC23C(=O)[C@@H](C=C(CO)[C@@H](O)[C@]2(O)[C@H]1OC(=O)c1c(C)n(C)c2ccccc12)C(C)(C)[C@@H](C)CC3C. The number of para-hydroxylation sites is 1. The Labute approximate surface area is 223 Å². The van der Waals surface area contributed by atoms with Crippen LogP contribution in [-0.2, 0) is 16.6 Å². The number of aliphatic hydroxyl groups is 3. The van der Waals surface area contributed by atoms with Crippen molar-refractivity contribution in [3.63, 3.8) is 0 Å². The van der Waals surface area contributed by atoms with Crippen molar-refractivity contribution in [2.45, 2.75) is 65.8 Å². The highest BCUT2D eigenvalue weighted by Crippen LogP contribution is 2.62. The van der Waals surface area contributed by atoms with Gasteiger partial charge >= 0.3 is 5.97 Å². The summed E-state index contributed by atoms with van der Waals surface area (Å²) >= 11 is 0. The summed E-state index contributed by atoms with van der Waals surface area (Å²) in [4.78, 5) is 28.3. The summed E-state index contributed by atoms with van der Waals surface area (Å²) in [7, 11) is 1.88. The Hall–Kier alpha value is -2.74. The molecule has 3 aliphatic rings. The minimum atomic E-state index is -2.18. The van der Waals surface area contributed by atoms with Gasteiger partial charge in [-0.3, -0.25) is 4.79 Å². The maximum absolute atomic E-state index is 14.5. The predicted molar refractivity (Wildman–Crippen MR) is 144 cm³/mol. The number of aryl methyl sites for hydroxylation is 1. The molecule has 7 heteroatoms. The van der Waals surface area contributed by atoms with Crippen LogP contribution in [-0.4, -0.2) is 56.1 Å². The maximum atomic E-state index is 14.5. The van der Waals surface area contributed by atoms with Crippen LogP contribution >= 0.6 is 0 Å². The van der Waals surface area contributed by atoms with E-state index in [4.69, 9.17) is 4.74 Å². The number of Topliss-reactive ketones (excluding diaryl/α,β-unsaturated/α-hetero) is 1. The number of fused-ring (bicyclic) bond motifs is 2. The molecule has 2 unspecified atom stereocenters. The van der Waals surface area contributed by atoms with Crippen LogP contribution in [0.1, 0.15) is 57.1 Å². The quantitative estimate of drug-likeness (QED) is 0.418. The molecule has 1 fully saturated rings. The third-order valence-electron chi connectivity index (χ3n) is 10.3. The molecule has 1 saturated carbocycles. The molecule has 3 aliphatic carbocycles. The third kappa shape index (κ3) is 3.18. The molecule has 5 rings (SSSR count). The molecule has 2 aromatic rings. The van der Waals surface area contributed by atoms with E-state index in [0.29, 0.717) is 23.3 Å². The van der Waals surface area contributed by atoms with Crippen LogP contribution < -0.4 is 0 Å². The molecular formula is C31H39NO6. The highest BCUT2D eigenvalue weighted by molar-refractivity contribution is 6.06. The van der Waals surface area contributed by atoms with Crippen LogP contribution in [0.2, 0.25) is 0 Å². The monoisotopic (exact) mass is 521 g/mol. The average Bonchev–Trinajstić information content (AvgIpc) is 3.22. The smallest absolute Gasteiger partial charge is 0.341 e. The molecule has 7 atom stereocenters. The standard InChI is InChI=1S/C31H39NO6/c1-16-14-30-18(3)12-17(2)29(5,6)22(26(30)35)13-20(15-33)25(34)31(30,37)27(16)38-28(36)24-19(4)32(7)23-11-9-8-10-21(23)24/h8-11,13-14,17-18,22,25,27,33-34,37H,12,15H2,1-7H3/t17-,18?,22+,25+,27-,30?,31-/m0/s1. The summed E-state index contributed by atoms with van der Waals surface area (Å²) in [6.07, 6.45) is 1.15. The summed E-state index contributed by atoms with van der Waals surface area (Å²) in [5, 5.41) is 35.4. The Morgan fingerprint density at radius 3 is 2.47 bits per heavy atom. The highest BCUT2D eigenvalue weighted by atomic mass is 16.6. The summed E-state index contributed by atoms with van der Waals surface area (Å²) in [6, 6.07) is 7.52. The fourth-order valence-electron chi connectivity index (χ4n) is 7.60. The number of ether oxygens (including phenoxy) is 1. The molecule has 0 amide bonds. The Kier molecular flexibility index (Phi) is 6.10. The number of nitrogens with zero attached hydrogens (tertiary/aromatic N) is 1. The van der Waals surface area contributed by atoms with Crippen LogP contribution in [0.4, 0.5) is 0 Å². The normalized spacial score (nSPS) is 36.3. The van der Waals surface area contributed by atoms with E-state index in [9.17, 15) is 24.9 Å². The van der Waals surface area contributed by atoms with Crippen LogP contribution in [0.5, 0.6) is 0 Å². The van der Waals surface area contributed by atoms with Gasteiger partial charge in [-0.15, -0.1) is 0 Å². The number of aliphatic hydroxyl groups excluding tert-OH is 2. The van der Waals surface area contributed by atoms with Gasteiger partial charge in [0, 0.05) is 29.6 Å². The number of allylic oxidation sites excluding steroid dienone is 1. The molecule has 1 aromatic carbocycles. The van der Waals surface area contributed by atoms with Crippen LogP contribution in [0.3, 0.4) is 0 Å². The zero-order valence-electron chi connectivity index (χ0n) is 23.3. The summed E-state index contributed by atoms with van der Waals surface area (Å²) in [5.74, 6) is -1.70. The number of rotatable bonds is 3. The summed E-state index contributed by atoms with van der Waals surface area (Å²) in [5.41, 5.74) is -1.48. The topological polar surface area (TPSA) is 109 Å². The minimum Gasteiger partial charge on any atom is -0.451 e. The lowest BCUT2D eigenvalue weighted by atomic mass is 9.59. The fourth-order valence-corrected chi connectivity index (χ4v) is 7.60. The second-order valence-corrected chi connectivity index (χ2v) is 12.4. The van der Waals surface area contributed by atoms with Gasteiger partial charge in [-0.25, -0.2) is 4.79 Å². The molecule has 2 bridgehead atoms. The van der Waals surface area contributed by atoms with Gasteiger partial charge in [0.25, 0.3) is 0 Å². The molecule has 1 heterocycles. The molecule has 1 spiro atoms. The van der Waals surface area contributed by atoms with Crippen LogP contribution in [0.25, 0.3) is 10.9 Å². The van der Waals surface area contributed by atoms with E-state index < -0.39 is 47.1 Å². The Morgan fingerprint density at radius 1 is 1.16 bits per heavy atom. The van der Waals surface area contributed by atoms with E-state index in [-0.39, 0.29) is 23.2 Å².